The van der Waals surface area contributed by atoms with Crippen LogP contribution in [-0.2, 0) is 6.54 Å². The van der Waals surface area contributed by atoms with Crippen molar-refractivity contribution in [1.82, 2.24) is 19.7 Å². The molecule has 1 atom stereocenters. The quantitative estimate of drug-likeness (QED) is 0.699. The van der Waals surface area contributed by atoms with E-state index < -0.39 is 0 Å². The minimum Gasteiger partial charge on any atom is -0.347 e. The van der Waals surface area contributed by atoms with Crippen LogP contribution >= 0.6 is 12.4 Å². The number of carbonyl (C=O) groups excluding carboxylic acids is 1. The van der Waals surface area contributed by atoms with E-state index in [0.717, 1.165) is 50.0 Å². The predicted octanol–water partition coefficient (Wildman–Crippen LogP) is 3.85. The van der Waals surface area contributed by atoms with Crippen molar-refractivity contribution in [3.05, 3.63) is 48.4 Å². The second-order valence-corrected chi connectivity index (χ2v) is 6.92. The molecule has 7 heteroatoms. The Bertz CT molecular complexity index is 910. The summed E-state index contributed by atoms with van der Waals surface area (Å²) < 4.78 is 4.15. The first-order valence-electron chi connectivity index (χ1n) is 9.40. The van der Waals surface area contributed by atoms with Gasteiger partial charge in [-0.1, -0.05) is 6.92 Å². The molecule has 1 aliphatic heterocycles. The molecule has 1 unspecified atom stereocenters. The molecular weight excluding hydrogens is 362 g/mol. The van der Waals surface area contributed by atoms with Crippen molar-refractivity contribution in [2.24, 2.45) is 0 Å². The maximum Gasteiger partial charge on any atom is 0.276 e. The standard InChI is InChI=1S/C20H25N5O.ClH/c1-2-10-24-11-7-15-13-16(5-6-19(15)24)22-20(26)18-8-12-25(23-18)17-4-3-9-21-14-17;/h5-8,11-13,17,21H,2-4,9-10,14H2,1H3,(H,22,26);1H. The molecular formula is C20H26ClN5O. The third-order valence-corrected chi connectivity index (χ3v) is 4.98. The number of carbonyl (C=O) groups is 1. The van der Waals surface area contributed by atoms with Crippen molar-refractivity contribution in [3.8, 4) is 0 Å². The number of anilines is 1. The van der Waals surface area contributed by atoms with Crippen LogP contribution in [0.5, 0.6) is 0 Å². The topological polar surface area (TPSA) is 63.9 Å². The Morgan fingerprint density at radius 1 is 1.30 bits per heavy atom. The van der Waals surface area contributed by atoms with Crippen LogP contribution < -0.4 is 10.6 Å². The highest BCUT2D eigenvalue weighted by molar-refractivity contribution is 6.03. The lowest BCUT2D eigenvalue weighted by Crippen LogP contribution is -2.32. The minimum absolute atomic E-state index is 0. The summed E-state index contributed by atoms with van der Waals surface area (Å²) in [5.74, 6) is -0.167. The highest BCUT2D eigenvalue weighted by Gasteiger charge is 2.18. The first-order chi connectivity index (χ1) is 12.7. The lowest BCUT2D eigenvalue weighted by atomic mass is 10.1. The van der Waals surface area contributed by atoms with E-state index in [0.29, 0.717) is 11.7 Å². The summed E-state index contributed by atoms with van der Waals surface area (Å²) in [5, 5.41) is 12.0. The number of aryl methyl sites for hydroxylation is 1. The zero-order valence-corrected chi connectivity index (χ0v) is 16.3. The Morgan fingerprint density at radius 2 is 2.19 bits per heavy atom. The van der Waals surface area contributed by atoms with Gasteiger partial charge in [0.05, 0.1) is 6.04 Å². The molecule has 1 saturated heterocycles. The molecule has 1 aromatic carbocycles. The van der Waals surface area contributed by atoms with Crippen LogP contribution in [0.25, 0.3) is 10.9 Å². The molecule has 4 rings (SSSR count). The van der Waals surface area contributed by atoms with E-state index in [-0.39, 0.29) is 18.3 Å². The first kappa shape index (κ1) is 19.5. The van der Waals surface area contributed by atoms with Crippen molar-refractivity contribution >= 4 is 34.9 Å². The molecule has 6 nitrogen and oxygen atoms in total. The van der Waals surface area contributed by atoms with Gasteiger partial charge in [0.15, 0.2) is 5.69 Å². The smallest absolute Gasteiger partial charge is 0.276 e. The number of benzene rings is 1. The van der Waals surface area contributed by atoms with Crippen molar-refractivity contribution in [1.29, 1.82) is 0 Å². The maximum atomic E-state index is 12.5. The highest BCUT2D eigenvalue weighted by atomic mass is 35.5. The minimum atomic E-state index is -0.167. The zero-order valence-electron chi connectivity index (χ0n) is 15.5. The number of rotatable bonds is 5. The van der Waals surface area contributed by atoms with E-state index in [1.165, 1.54) is 5.52 Å². The number of hydrogen-bond acceptors (Lipinski definition) is 3. The van der Waals surface area contributed by atoms with Crippen LogP contribution in [0.15, 0.2) is 42.7 Å². The number of nitrogens with one attached hydrogen (secondary N) is 2. The molecule has 0 spiro atoms. The van der Waals surface area contributed by atoms with Crippen LogP contribution in [-0.4, -0.2) is 33.3 Å². The van der Waals surface area contributed by atoms with Crippen LogP contribution in [0.1, 0.15) is 42.7 Å². The molecule has 1 fully saturated rings. The number of hydrogen-bond donors (Lipinski definition) is 2. The van der Waals surface area contributed by atoms with Crippen molar-refractivity contribution in [2.45, 2.75) is 38.8 Å². The zero-order chi connectivity index (χ0) is 17.9. The Kier molecular flexibility index (Phi) is 6.19. The maximum absolute atomic E-state index is 12.5. The second kappa shape index (κ2) is 8.59. The molecule has 3 heterocycles. The molecule has 1 aliphatic rings. The normalized spacial score (nSPS) is 16.9. The van der Waals surface area contributed by atoms with Gasteiger partial charge in [-0.2, -0.15) is 5.10 Å². The number of fused-ring (bicyclic) bond motifs is 1. The van der Waals surface area contributed by atoms with E-state index in [2.05, 4.69) is 45.6 Å². The monoisotopic (exact) mass is 387 g/mol. The summed E-state index contributed by atoms with van der Waals surface area (Å²) in [6.07, 6.45) is 7.34. The number of piperidine rings is 1. The third-order valence-electron chi connectivity index (χ3n) is 4.98. The number of aromatic nitrogens is 3. The Hall–Kier alpha value is -2.31. The summed E-state index contributed by atoms with van der Waals surface area (Å²) in [5.41, 5.74) is 2.45. The summed E-state index contributed by atoms with van der Waals surface area (Å²) in [7, 11) is 0. The summed E-state index contributed by atoms with van der Waals surface area (Å²) in [4.78, 5) is 12.5. The molecule has 3 aromatic rings. The van der Waals surface area contributed by atoms with Gasteiger partial charge in [0.25, 0.3) is 5.91 Å². The molecule has 0 aliphatic carbocycles. The lowest BCUT2D eigenvalue weighted by Gasteiger charge is -2.22. The molecule has 2 N–H and O–H groups in total. The van der Waals surface area contributed by atoms with Gasteiger partial charge in [-0.25, -0.2) is 0 Å². The van der Waals surface area contributed by atoms with E-state index in [9.17, 15) is 4.79 Å². The van der Waals surface area contributed by atoms with Gasteiger partial charge in [-0.3, -0.25) is 9.48 Å². The third kappa shape index (κ3) is 4.17. The van der Waals surface area contributed by atoms with Crippen molar-refractivity contribution < 1.29 is 4.79 Å². The SMILES string of the molecule is CCCn1ccc2cc(NC(=O)c3ccn(C4CCCNC4)n3)ccc21.Cl. The molecule has 0 bridgehead atoms. The van der Waals surface area contributed by atoms with E-state index in [4.69, 9.17) is 0 Å². The molecule has 27 heavy (non-hydrogen) atoms. The van der Waals surface area contributed by atoms with Crippen molar-refractivity contribution in [3.63, 3.8) is 0 Å². The molecule has 0 saturated carbocycles. The van der Waals surface area contributed by atoms with Crippen LogP contribution in [0.3, 0.4) is 0 Å². The predicted molar refractivity (Wildman–Crippen MR) is 111 cm³/mol. The number of halogens is 1. The fourth-order valence-electron chi connectivity index (χ4n) is 3.63. The average molecular weight is 388 g/mol. The van der Waals surface area contributed by atoms with E-state index >= 15 is 0 Å². The highest BCUT2D eigenvalue weighted by Crippen LogP contribution is 2.22. The van der Waals surface area contributed by atoms with Gasteiger partial charge in [0, 0.05) is 42.1 Å². The summed E-state index contributed by atoms with van der Waals surface area (Å²) in [6, 6.07) is 10.2. The van der Waals surface area contributed by atoms with Gasteiger partial charge >= 0.3 is 0 Å². The molecule has 1 amide bonds. The summed E-state index contributed by atoms with van der Waals surface area (Å²) in [6.45, 7) is 5.15. The lowest BCUT2D eigenvalue weighted by molar-refractivity contribution is 0.102. The van der Waals surface area contributed by atoms with E-state index in [1.54, 1.807) is 6.07 Å². The fourth-order valence-corrected chi connectivity index (χ4v) is 3.63. The molecule has 2 aromatic heterocycles. The number of nitrogens with zero attached hydrogens (tertiary/aromatic N) is 3. The van der Waals surface area contributed by atoms with Gasteiger partial charge < -0.3 is 15.2 Å². The summed E-state index contributed by atoms with van der Waals surface area (Å²) >= 11 is 0. The van der Waals surface area contributed by atoms with E-state index in [1.807, 2.05) is 23.0 Å². The molecule has 144 valence electrons. The second-order valence-electron chi connectivity index (χ2n) is 6.92. The van der Waals surface area contributed by atoms with Gasteiger partial charge in [-0.05, 0) is 56.1 Å². The van der Waals surface area contributed by atoms with Crippen LogP contribution in [0.2, 0.25) is 0 Å². The Morgan fingerprint density at radius 3 is 2.96 bits per heavy atom. The first-order valence-corrected chi connectivity index (χ1v) is 9.40. The van der Waals surface area contributed by atoms with Gasteiger partial charge in [0.2, 0.25) is 0 Å². The van der Waals surface area contributed by atoms with Crippen LogP contribution in [0, 0.1) is 0 Å². The number of amides is 1. The average Bonchev–Trinajstić information content (AvgIpc) is 3.30. The van der Waals surface area contributed by atoms with Gasteiger partial charge in [-0.15, -0.1) is 12.4 Å². The van der Waals surface area contributed by atoms with Crippen molar-refractivity contribution in [2.75, 3.05) is 18.4 Å². The fraction of sp³-hybridized carbons (Fsp3) is 0.400. The van der Waals surface area contributed by atoms with Gasteiger partial charge in [0.1, 0.15) is 0 Å². The largest absolute Gasteiger partial charge is 0.347 e. The molecule has 0 radical (unpaired) electrons. The van der Waals surface area contributed by atoms with Crippen LogP contribution in [0.4, 0.5) is 5.69 Å². The Balaban J connectivity index is 0.00000210. The Labute approximate surface area is 165 Å².